The smallest absolute Gasteiger partial charge is 0.269 e. The third kappa shape index (κ3) is 2.16. The van der Waals surface area contributed by atoms with E-state index in [0.29, 0.717) is 0 Å². The van der Waals surface area contributed by atoms with Gasteiger partial charge in [-0.05, 0) is 12.1 Å². The average molecular weight is 214 g/mol. The molecule has 1 amide bonds. The number of carbonyl (C=O) groups excluding carboxylic acids is 2. The summed E-state index contributed by atoms with van der Waals surface area (Å²) in [7, 11) is 1.38. The molecule has 4 nitrogen and oxygen atoms in total. The number of amides is 1. The molecule has 6 heteroatoms. The number of hydrogen-bond donors (Lipinski definition) is 2. The van der Waals surface area contributed by atoms with E-state index in [9.17, 15) is 18.4 Å². The van der Waals surface area contributed by atoms with Crippen LogP contribution in [0.3, 0.4) is 0 Å². The Balaban J connectivity index is 3.31. The van der Waals surface area contributed by atoms with Crippen LogP contribution in [0.25, 0.3) is 0 Å². The van der Waals surface area contributed by atoms with Crippen LogP contribution in [0.4, 0.5) is 8.78 Å². The second kappa shape index (κ2) is 4.61. The molecule has 1 rings (SSSR count). The molecule has 0 heterocycles. The van der Waals surface area contributed by atoms with Gasteiger partial charge >= 0.3 is 0 Å². The van der Waals surface area contributed by atoms with Crippen LogP contribution >= 0.6 is 0 Å². The van der Waals surface area contributed by atoms with Gasteiger partial charge in [-0.2, -0.15) is 0 Å². The molecule has 80 valence electrons. The van der Waals surface area contributed by atoms with Crippen molar-refractivity contribution in [2.24, 2.45) is 0 Å². The minimum Gasteiger partial charge on any atom is -0.298 e. The summed E-state index contributed by atoms with van der Waals surface area (Å²) in [5.74, 6) is -2.80. The molecule has 0 unspecified atom stereocenters. The highest BCUT2D eigenvalue weighted by Crippen LogP contribution is 2.15. The van der Waals surface area contributed by atoms with Gasteiger partial charge in [0.15, 0.2) is 6.29 Å². The summed E-state index contributed by atoms with van der Waals surface area (Å²) in [6.45, 7) is 0. The molecule has 0 aliphatic rings. The first-order valence-corrected chi connectivity index (χ1v) is 4.02. The summed E-state index contributed by atoms with van der Waals surface area (Å²) < 4.78 is 26.2. The molecule has 2 N–H and O–H groups in total. The van der Waals surface area contributed by atoms with Crippen LogP contribution in [0.5, 0.6) is 0 Å². The normalized spacial score (nSPS) is 9.80. The number of hydrazine groups is 1. The van der Waals surface area contributed by atoms with E-state index in [1.807, 2.05) is 0 Å². The largest absolute Gasteiger partial charge is 0.298 e. The quantitative estimate of drug-likeness (QED) is 0.573. The molecular weight excluding hydrogens is 206 g/mol. The van der Waals surface area contributed by atoms with Crippen molar-refractivity contribution in [1.82, 2.24) is 10.9 Å². The molecule has 0 spiro atoms. The zero-order chi connectivity index (χ0) is 11.4. The van der Waals surface area contributed by atoms with Gasteiger partial charge in [0.1, 0.15) is 11.6 Å². The molecule has 0 radical (unpaired) electrons. The van der Waals surface area contributed by atoms with E-state index in [1.165, 1.54) is 7.05 Å². The second-order valence-electron chi connectivity index (χ2n) is 2.64. The summed E-state index contributed by atoms with van der Waals surface area (Å²) in [4.78, 5) is 21.8. The fourth-order valence-corrected chi connectivity index (χ4v) is 1.09. The summed E-state index contributed by atoms with van der Waals surface area (Å²) in [6, 6.07) is 1.57. The Labute approximate surface area is 84.3 Å². The number of halogens is 2. The molecule has 0 saturated heterocycles. The van der Waals surface area contributed by atoms with Crippen molar-refractivity contribution in [3.05, 3.63) is 34.9 Å². The Morgan fingerprint density at radius 1 is 1.33 bits per heavy atom. The van der Waals surface area contributed by atoms with Crippen LogP contribution < -0.4 is 10.9 Å². The molecule has 0 aliphatic carbocycles. The van der Waals surface area contributed by atoms with Gasteiger partial charge in [-0.1, -0.05) is 0 Å². The Morgan fingerprint density at radius 2 is 1.93 bits per heavy atom. The first-order chi connectivity index (χ1) is 7.11. The molecule has 0 fully saturated rings. The maximum atomic E-state index is 13.2. The predicted octanol–water partition coefficient (Wildman–Crippen LogP) is 0.641. The molecule has 1 aromatic carbocycles. The Morgan fingerprint density at radius 3 is 2.47 bits per heavy atom. The van der Waals surface area contributed by atoms with Crippen molar-refractivity contribution in [1.29, 1.82) is 0 Å². The minimum absolute atomic E-state index is 0.100. The van der Waals surface area contributed by atoms with Gasteiger partial charge in [0, 0.05) is 7.05 Å². The van der Waals surface area contributed by atoms with E-state index in [2.05, 4.69) is 10.9 Å². The lowest BCUT2D eigenvalue weighted by atomic mass is 10.1. The predicted molar refractivity (Wildman–Crippen MR) is 48.3 cm³/mol. The van der Waals surface area contributed by atoms with Gasteiger partial charge in [0.2, 0.25) is 0 Å². The first-order valence-electron chi connectivity index (χ1n) is 4.02. The van der Waals surface area contributed by atoms with Gasteiger partial charge in [0.25, 0.3) is 5.91 Å². The highest BCUT2D eigenvalue weighted by Gasteiger charge is 2.19. The highest BCUT2D eigenvalue weighted by atomic mass is 19.1. The van der Waals surface area contributed by atoms with Crippen LogP contribution in [0.1, 0.15) is 20.7 Å². The van der Waals surface area contributed by atoms with E-state index in [4.69, 9.17) is 0 Å². The maximum absolute atomic E-state index is 13.2. The van der Waals surface area contributed by atoms with Crippen LogP contribution in [-0.4, -0.2) is 19.2 Å². The molecular formula is C9H8F2N2O2. The molecule has 0 aromatic heterocycles. The lowest BCUT2D eigenvalue weighted by Gasteiger charge is -2.07. The van der Waals surface area contributed by atoms with Crippen molar-refractivity contribution in [3.63, 3.8) is 0 Å². The van der Waals surface area contributed by atoms with Crippen LogP contribution in [0.2, 0.25) is 0 Å². The van der Waals surface area contributed by atoms with Gasteiger partial charge in [0.05, 0.1) is 11.1 Å². The molecule has 1 aromatic rings. The number of rotatable bonds is 3. The zero-order valence-corrected chi connectivity index (χ0v) is 7.80. The Bertz CT molecular complexity index is 407. The van der Waals surface area contributed by atoms with E-state index >= 15 is 0 Å². The van der Waals surface area contributed by atoms with Crippen LogP contribution in [0, 0.1) is 11.6 Å². The van der Waals surface area contributed by atoms with Crippen molar-refractivity contribution < 1.29 is 18.4 Å². The number of benzene rings is 1. The SMILES string of the molecule is CNNC(=O)c1c(F)ccc(F)c1C=O. The maximum Gasteiger partial charge on any atom is 0.269 e. The summed E-state index contributed by atoms with van der Waals surface area (Å²) in [5, 5.41) is 0. The van der Waals surface area contributed by atoms with Crippen LogP contribution in [0.15, 0.2) is 12.1 Å². The van der Waals surface area contributed by atoms with E-state index in [1.54, 1.807) is 0 Å². The number of nitrogens with one attached hydrogen (secondary N) is 2. The Hall–Kier alpha value is -1.82. The third-order valence-electron chi connectivity index (χ3n) is 1.72. The van der Waals surface area contributed by atoms with E-state index < -0.39 is 28.7 Å². The lowest BCUT2D eigenvalue weighted by molar-refractivity contribution is 0.0927. The van der Waals surface area contributed by atoms with Crippen molar-refractivity contribution in [2.75, 3.05) is 7.05 Å². The summed E-state index contributed by atoms with van der Waals surface area (Å²) in [6.07, 6.45) is 0.100. The van der Waals surface area contributed by atoms with E-state index in [-0.39, 0.29) is 6.29 Å². The molecule has 0 atom stereocenters. The van der Waals surface area contributed by atoms with Gasteiger partial charge in [-0.25, -0.2) is 14.2 Å². The molecule has 0 saturated carbocycles. The topological polar surface area (TPSA) is 58.2 Å². The average Bonchev–Trinajstić information content (AvgIpc) is 2.21. The first kappa shape index (κ1) is 11.3. The van der Waals surface area contributed by atoms with Gasteiger partial charge < -0.3 is 0 Å². The van der Waals surface area contributed by atoms with Crippen LogP contribution in [-0.2, 0) is 0 Å². The zero-order valence-electron chi connectivity index (χ0n) is 7.80. The number of hydrogen-bond acceptors (Lipinski definition) is 3. The van der Waals surface area contributed by atoms with Crippen molar-refractivity contribution >= 4 is 12.2 Å². The van der Waals surface area contributed by atoms with Crippen molar-refractivity contribution in [2.45, 2.75) is 0 Å². The fraction of sp³-hybridized carbons (Fsp3) is 0.111. The Kier molecular flexibility index (Phi) is 3.46. The molecule has 15 heavy (non-hydrogen) atoms. The standard InChI is InChI=1S/C9H8F2N2O2/c1-12-13-9(15)8-5(4-14)6(10)2-3-7(8)11/h2-4,12H,1H3,(H,13,15). The van der Waals surface area contributed by atoms with Gasteiger partial charge in [-0.15, -0.1) is 0 Å². The monoisotopic (exact) mass is 214 g/mol. The summed E-state index contributed by atoms with van der Waals surface area (Å²) >= 11 is 0. The van der Waals surface area contributed by atoms with Crippen molar-refractivity contribution in [3.8, 4) is 0 Å². The van der Waals surface area contributed by atoms with Gasteiger partial charge in [-0.3, -0.25) is 15.0 Å². The summed E-state index contributed by atoms with van der Waals surface area (Å²) in [5.41, 5.74) is 3.10. The van der Waals surface area contributed by atoms with E-state index in [0.717, 1.165) is 12.1 Å². The minimum atomic E-state index is -0.953. The highest BCUT2D eigenvalue weighted by molar-refractivity contribution is 6.01. The number of aldehydes is 1. The molecule has 0 aliphatic heterocycles. The fourth-order valence-electron chi connectivity index (χ4n) is 1.09. The second-order valence-corrected chi connectivity index (χ2v) is 2.64. The molecule has 0 bridgehead atoms. The third-order valence-corrected chi connectivity index (χ3v) is 1.72. The lowest BCUT2D eigenvalue weighted by Crippen LogP contribution is -2.35. The number of carbonyl (C=O) groups is 2.